The Balaban J connectivity index is 1.83. The van der Waals surface area contributed by atoms with Gasteiger partial charge in [-0.25, -0.2) is 0 Å². The molecular weight excluding hydrogens is 268 g/mol. The summed E-state index contributed by atoms with van der Waals surface area (Å²) in [4.78, 5) is 25.9. The van der Waals surface area contributed by atoms with E-state index in [1.54, 1.807) is 11.8 Å². The molecule has 0 aromatic heterocycles. The molecule has 1 aromatic rings. The van der Waals surface area contributed by atoms with Crippen LogP contribution < -0.4 is 5.32 Å². The number of nitrogens with zero attached hydrogens (tertiary/aromatic N) is 1. The van der Waals surface area contributed by atoms with Crippen molar-refractivity contribution in [3.05, 3.63) is 35.4 Å². The van der Waals surface area contributed by atoms with Crippen LogP contribution in [0.3, 0.4) is 0 Å². The molecule has 1 atom stereocenters. The standard InChI is InChI=1S/C16H22N2O3/c1-12-3-5-14(6-4-12)11-15(19)17-13(2)16(20)18-7-9-21-10-8-18/h3-6,13H,7-11H2,1-2H3,(H,17,19)/t13-/m0/s1. The molecule has 0 aliphatic carbocycles. The fraction of sp³-hybridized carbons (Fsp3) is 0.500. The van der Waals surface area contributed by atoms with Crippen molar-refractivity contribution in [1.82, 2.24) is 10.2 Å². The van der Waals surface area contributed by atoms with Gasteiger partial charge in [0.1, 0.15) is 6.04 Å². The van der Waals surface area contributed by atoms with Crippen LogP contribution >= 0.6 is 0 Å². The lowest BCUT2D eigenvalue weighted by Gasteiger charge is -2.29. The Morgan fingerprint density at radius 2 is 1.86 bits per heavy atom. The molecule has 1 aliphatic rings. The molecule has 1 N–H and O–H groups in total. The molecule has 1 fully saturated rings. The maximum absolute atomic E-state index is 12.2. The molecule has 2 amide bonds. The summed E-state index contributed by atoms with van der Waals surface area (Å²) in [7, 11) is 0. The van der Waals surface area contributed by atoms with Crippen molar-refractivity contribution >= 4 is 11.8 Å². The number of aryl methyl sites for hydroxylation is 1. The zero-order valence-electron chi connectivity index (χ0n) is 12.6. The van der Waals surface area contributed by atoms with Gasteiger partial charge in [0.15, 0.2) is 0 Å². The molecule has 21 heavy (non-hydrogen) atoms. The van der Waals surface area contributed by atoms with Gasteiger partial charge in [-0.05, 0) is 19.4 Å². The van der Waals surface area contributed by atoms with Crippen LogP contribution in [-0.2, 0) is 20.7 Å². The Morgan fingerprint density at radius 3 is 2.48 bits per heavy atom. The van der Waals surface area contributed by atoms with Crippen LogP contribution in [0.4, 0.5) is 0 Å². The van der Waals surface area contributed by atoms with E-state index in [1.807, 2.05) is 31.2 Å². The fourth-order valence-electron chi connectivity index (χ4n) is 2.30. The molecule has 5 heteroatoms. The molecule has 2 rings (SSSR count). The van der Waals surface area contributed by atoms with E-state index in [4.69, 9.17) is 4.74 Å². The monoisotopic (exact) mass is 290 g/mol. The van der Waals surface area contributed by atoms with E-state index in [0.717, 1.165) is 11.1 Å². The number of morpholine rings is 1. The normalized spacial score (nSPS) is 16.4. The zero-order chi connectivity index (χ0) is 15.2. The Morgan fingerprint density at radius 1 is 1.24 bits per heavy atom. The molecule has 1 saturated heterocycles. The average molecular weight is 290 g/mol. The number of carbonyl (C=O) groups excluding carboxylic acids is 2. The lowest BCUT2D eigenvalue weighted by atomic mass is 10.1. The number of benzene rings is 1. The molecule has 1 aliphatic heterocycles. The quantitative estimate of drug-likeness (QED) is 0.896. The fourth-order valence-corrected chi connectivity index (χ4v) is 2.30. The molecular formula is C16H22N2O3. The van der Waals surface area contributed by atoms with Gasteiger partial charge in [-0.3, -0.25) is 9.59 Å². The predicted octanol–water partition coefficient (Wildman–Crippen LogP) is 0.901. The van der Waals surface area contributed by atoms with E-state index in [1.165, 1.54) is 0 Å². The minimum absolute atomic E-state index is 0.0458. The molecule has 0 saturated carbocycles. The number of amides is 2. The third-order valence-corrected chi connectivity index (χ3v) is 3.56. The Bertz CT molecular complexity index is 493. The summed E-state index contributed by atoms with van der Waals surface area (Å²) in [6.07, 6.45) is 0.293. The summed E-state index contributed by atoms with van der Waals surface area (Å²) in [5.74, 6) is -0.177. The zero-order valence-corrected chi connectivity index (χ0v) is 12.6. The van der Waals surface area contributed by atoms with Gasteiger partial charge in [0.25, 0.3) is 0 Å². The third kappa shape index (κ3) is 4.56. The first kappa shape index (κ1) is 15.5. The highest BCUT2D eigenvalue weighted by molar-refractivity contribution is 5.88. The van der Waals surface area contributed by atoms with E-state index in [0.29, 0.717) is 32.7 Å². The molecule has 114 valence electrons. The molecule has 1 heterocycles. The number of rotatable bonds is 4. The topological polar surface area (TPSA) is 58.6 Å². The number of hydrogen-bond donors (Lipinski definition) is 1. The molecule has 0 unspecified atom stereocenters. The first-order valence-electron chi connectivity index (χ1n) is 7.27. The van der Waals surface area contributed by atoms with Gasteiger partial charge in [0, 0.05) is 13.1 Å². The van der Waals surface area contributed by atoms with Gasteiger partial charge in [-0.1, -0.05) is 29.8 Å². The summed E-state index contributed by atoms with van der Waals surface area (Å²) in [5, 5.41) is 2.77. The van der Waals surface area contributed by atoms with Crippen molar-refractivity contribution in [3.63, 3.8) is 0 Å². The second kappa shape index (κ2) is 7.22. The molecule has 0 spiro atoms. The number of ether oxygens (including phenoxy) is 1. The minimum atomic E-state index is -0.499. The van der Waals surface area contributed by atoms with E-state index in [9.17, 15) is 9.59 Å². The van der Waals surface area contributed by atoms with Crippen LogP contribution in [0.15, 0.2) is 24.3 Å². The highest BCUT2D eigenvalue weighted by Crippen LogP contribution is 2.05. The van der Waals surface area contributed by atoms with Crippen molar-refractivity contribution < 1.29 is 14.3 Å². The average Bonchev–Trinajstić information content (AvgIpc) is 2.49. The highest BCUT2D eigenvalue weighted by Gasteiger charge is 2.23. The van der Waals surface area contributed by atoms with Gasteiger partial charge >= 0.3 is 0 Å². The second-order valence-electron chi connectivity index (χ2n) is 5.39. The summed E-state index contributed by atoms with van der Waals surface area (Å²) in [6, 6.07) is 7.32. The SMILES string of the molecule is Cc1ccc(CC(=O)N[C@@H](C)C(=O)N2CCOCC2)cc1. The van der Waals surface area contributed by atoms with Gasteiger partial charge in [-0.2, -0.15) is 0 Å². The van der Waals surface area contributed by atoms with Crippen LogP contribution in [0.2, 0.25) is 0 Å². The van der Waals surface area contributed by atoms with Gasteiger partial charge in [0.2, 0.25) is 11.8 Å². The van der Waals surface area contributed by atoms with Crippen LogP contribution in [0.1, 0.15) is 18.1 Å². The smallest absolute Gasteiger partial charge is 0.245 e. The van der Waals surface area contributed by atoms with E-state index in [-0.39, 0.29) is 11.8 Å². The number of carbonyl (C=O) groups is 2. The third-order valence-electron chi connectivity index (χ3n) is 3.56. The summed E-state index contributed by atoms with van der Waals surface area (Å²) < 4.78 is 5.22. The van der Waals surface area contributed by atoms with E-state index < -0.39 is 6.04 Å². The van der Waals surface area contributed by atoms with Gasteiger partial charge in [-0.15, -0.1) is 0 Å². The second-order valence-corrected chi connectivity index (χ2v) is 5.39. The van der Waals surface area contributed by atoms with Crippen molar-refractivity contribution in [2.45, 2.75) is 26.3 Å². The largest absolute Gasteiger partial charge is 0.378 e. The van der Waals surface area contributed by atoms with Crippen LogP contribution in [0.5, 0.6) is 0 Å². The molecule has 5 nitrogen and oxygen atoms in total. The van der Waals surface area contributed by atoms with Gasteiger partial charge < -0.3 is 15.0 Å². The number of nitrogens with one attached hydrogen (secondary N) is 1. The summed E-state index contributed by atoms with van der Waals surface area (Å²) in [5.41, 5.74) is 2.11. The first-order valence-corrected chi connectivity index (χ1v) is 7.27. The van der Waals surface area contributed by atoms with E-state index >= 15 is 0 Å². The van der Waals surface area contributed by atoms with Crippen molar-refractivity contribution in [3.8, 4) is 0 Å². The number of hydrogen-bond acceptors (Lipinski definition) is 3. The van der Waals surface area contributed by atoms with Crippen molar-refractivity contribution in [2.75, 3.05) is 26.3 Å². The minimum Gasteiger partial charge on any atom is -0.378 e. The maximum Gasteiger partial charge on any atom is 0.245 e. The van der Waals surface area contributed by atoms with Crippen LogP contribution in [0.25, 0.3) is 0 Å². The molecule has 1 aromatic carbocycles. The Labute approximate surface area is 125 Å². The van der Waals surface area contributed by atoms with Gasteiger partial charge in [0.05, 0.1) is 19.6 Å². The first-order chi connectivity index (χ1) is 10.1. The van der Waals surface area contributed by atoms with Crippen molar-refractivity contribution in [2.24, 2.45) is 0 Å². The lowest BCUT2D eigenvalue weighted by molar-refractivity contribution is -0.139. The Hall–Kier alpha value is -1.88. The van der Waals surface area contributed by atoms with Crippen LogP contribution in [0, 0.1) is 6.92 Å². The highest BCUT2D eigenvalue weighted by atomic mass is 16.5. The predicted molar refractivity (Wildman–Crippen MR) is 79.9 cm³/mol. The van der Waals surface area contributed by atoms with Crippen molar-refractivity contribution in [1.29, 1.82) is 0 Å². The Kier molecular flexibility index (Phi) is 5.33. The van der Waals surface area contributed by atoms with E-state index in [2.05, 4.69) is 5.32 Å². The molecule has 0 radical (unpaired) electrons. The van der Waals surface area contributed by atoms with Crippen LogP contribution in [-0.4, -0.2) is 49.1 Å². The summed E-state index contributed by atoms with van der Waals surface area (Å²) in [6.45, 7) is 6.05. The maximum atomic E-state index is 12.2. The lowest BCUT2D eigenvalue weighted by Crippen LogP contribution is -2.50. The summed E-state index contributed by atoms with van der Waals surface area (Å²) >= 11 is 0. The molecule has 0 bridgehead atoms.